The Morgan fingerprint density at radius 2 is 2.32 bits per heavy atom. The molecule has 0 aromatic carbocycles. The summed E-state index contributed by atoms with van der Waals surface area (Å²) in [5.41, 5.74) is 5.79. The van der Waals surface area contributed by atoms with Gasteiger partial charge in [-0.05, 0) is 13.0 Å². The fourth-order valence-corrected chi connectivity index (χ4v) is 1.51. The average Bonchev–Trinajstić information content (AvgIpc) is 2.79. The van der Waals surface area contributed by atoms with Gasteiger partial charge in [0.1, 0.15) is 11.4 Å². The van der Waals surface area contributed by atoms with Crippen LogP contribution in [-0.4, -0.2) is 37.9 Å². The molecule has 2 rings (SSSR count). The molecule has 0 atom stereocenters. The first-order chi connectivity index (χ1) is 9.19. The Bertz CT molecular complexity index is 591. The lowest BCUT2D eigenvalue weighted by molar-refractivity contribution is 0.309. The van der Waals surface area contributed by atoms with Gasteiger partial charge in [-0.3, -0.25) is 9.48 Å². The van der Waals surface area contributed by atoms with Crippen LogP contribution < -0.4 is 16.0 Å². The minimum absolute atomic E-state index is 0.240. The average molecular weight is 264 g/mol. The maximum atomic E-state index is 11.8. The van der Waals surface area contributed by atoms with E-state index in [2.05, 4.69) is 15.4 Å². The standard InChI is InChI=1S/C11H16N6O2/c1-16-7-9(14-15-16)8-17-11(18)5-10(6-13-17)19-4-2-3-12/h5-7H,2-4,8,12H2,1H3. The third kappa shape index (κ3) is 3.62. The summed E-state index contributed by atoms with van der Waals surface area (Å²) in [6, 6.07) is 1.40. The molecule has 2 N–H and O–H groups in total. The van der Waals surface area contributed by atoms with Gasteiger partial charge < -0.3 is 10.5 Å². The minimum Gasteiger partial charge on any atom is -0.492 e. The molecule has 0 radical (unpaired) electrons. The number of nitrogens with zero attached hydrogens (tertiary/aromatic N) is 5. The molecule has 2 aromatic rings. The van der Waals surface area contributed by atoms with Crippen LogP contribution in [0, 0.1) is 0 Å². The van der Waals surface area contributed by atoms with Crippen LogP contribution in [0.3, 0.4) is 0 Å². The van der Waals surface area contributed by atoms with E-state index < -0.39 is 0 Å². The highest BCUT2D eigenvalue weighted by Gasteiger charge is 2.04. The van der Waals surface area contributed by atoms with E-state index in [1.54, 1.807) is 17.9 Å². The molecule has 2 aromatic heterocycles. The van der Waals surface area contributed by atoms with Crippen LogP contribution in [0.4, 0.5) is 0 Å². The summed E-state index contributed by atoms with van der Waals surface area (Å²) in [6.45, 7) is 1.32. The molecule has 0 saturated heterocycles. The van der Waals surface area contributed by atoms with E-state index in [1.165, 1.54) is 16.9 Å². The molecule has 102 valence electrons. The van der Waals surface area contributed by atoms with Gasteiger partial charge in [0.2, 0.25) is 0 Å². The molecule has 8 nitrogen and oxygen atoms in total. The third-order valence-corrected chi connectivity index (χ3v) is 2.42. The lowest BCUT2D eigenvalue weighted by Crippen LogP contribution is -2.23. The van der Waals surface area contributed by atoms with Gasteiger partial charge in [-0.2, -0.15) is 5.10 Å². The first-order valence-corrected chi connectivity index (χ1v) is 5.94. The fraction of sp³-hybridized carbons (Fsp3) is 0.455. The lowest BCUT2D eigenvalue weighted by Gasteiger charge is -2.06. The number of aryl methyl sites for hydroxylation is 1. The summed E-state index contributed by atoms with van der Waals surface area (Å²) in [4.78, 5) is 11.8. The van der Waals surface area contributed by atoms with Crippen molar-refractivity contribution < 1.29 is 4.74 Å². The van der Waals surface area contributed by atoms with Gasteiger partial charge in [-0.25, -0.2) is 4.68 Å². The number of ether oxygens (including phenoxy) is 1. The Hall–Kier alpha value is -2.22. The molecule has 0 aliphatic rings. The summed E-state index contributed by atoms with van der Waals surface area (Å²) in [5, 5.41) is 11.7. The van der Waals surface area contributed by atoms with E-state index in [4.69, 9.17) is 10.5 Å². The zero-order valence-corrected chi connectivity index (χ0v) is 10.7. The Labute approximate surface area is 109 Å². The second-order valence-corrected chi connectivity index (χ2v) is 4.06. The van der Waals surface area contributed by atoms with Gasteiger partial charge in [0.25, 0.3) is 5.56 Å². The first-order valence-electron chi connectivity index (χ1n) is 5.94. The zero-order chi connectivity index (χ0) is 13.7. The molecule has 0 aliphatic heterocycles. The van der Waals surface area contributed by atoms with E-state index in [1.807, 2.05) is 0 Å². The van der Waals surface area contributed by atoms with Crippen molar-refractivity contribution in [3.8, 4) is 5.75 Å². The van der Waals surface area contributed by atoms with Crippen LogP contribution in [0.2, 0.25) is 0 Å². The second-order valence-electron chi connectivity index (χ2n) is 4.06. The Morgan fingerprint density at radius 1 is 1.47 bits per heavy atom. The lowest BCUT2D eigenvalue weighted by atomic mass is 10.4. The van der Waals surface area contributed by atoms with Crippen LogP contribution in [0.5, 0.6) is 5.75 Å². The maximum absolute atomic E-state index is 11.8. The topological polar surface area (TPSA) is 101 Å². The van der Waals surface area contributed by atoms with Gasteiger partial charge in [0, 0.05) is 13.1 Å². The molecular formula is C11H16N6O2. The van der Waals surface area contributed by atoms with E-state index in [9.17, 15) is 4.79 Å². The Morgan fingerprint density at radius 3 is 2.95 bits per heavy atom. The normalized spacial score (nSPS) is 10.6. The van der Waals surface area contributed by atoms with Gasteiger partial charge in [-0.1, -0.05) is 5.21 Å². The molecule has 19 heavy (non-hydrogen) atoms. The second kappa shape index (κ2) is 6.10. The van der Waals surface area contributed by atoms with Crippen LogP contribution >= 0.6 is 0 Å². The molecular weight excluding hydrogens is 248 g/mol. The van der Waals surface area contributed by atoms with E-state index in [0.717, 1.165) is 6.42 Å². The molecule has 2 heterocycles. The van der Waals surface area contributed by atoms with Crippen LogP contribution in [-0.2, 0) is 13.6 Å². The number of rotatable bonds is 6. The van der Waals surface area contributed by atoms with Crippen molar-refractivity contribution in [1.29, 1.82) is 0 Å². The largest absolute Gasteiger partial charge is 0.492 e. The van der Waals surface area contributed by atoms with Crippen molar-refractivity contribution in [3.05, 3.63) is 34.5 Å². The molecule has 8 heteroatoms. The SMILES string of the molecule is Cn1cc(Cn2ncc(OCCCN)cc2=O)nn1. The molecule has 0 fully saturated rings. The summed E-state index contributed by atoms with van der Waals surface area (Å²) in [7, 11) is 1.76. The maximum Gasteiger partial charge on any atom is 0.270 e. The van der Waals surface area contributed by atoms with Crippen molar-refractivity contribution in [1.82, 2.24) is 24.8 Å². The first kappa shape index (κ1) is 13.2. The molecule has 0 saturated carbocycles. The monoisotopic (exact) mass is 264 g/mol. The van der Waals surface area contributed by atoms with Gasteiger partial charge in [-0.15, -0.1) is 5.10 Å². The van der Waals surface area contributed by atoms with E-state index in [0.29, 0.717) is 24.6 Å². The predicted octanol–water partition coefficient (Wildman–Crippen LogP) is -0.852. The number of aromatic nitrogens is 5. The number of nitrogens with two attached hydrogens (primary N) is 1. The van der Waals surface area contributed by atoms with Crippen LogP contribution in [0.15, 0.2) is 23.3 Å². The smallest absolute Gasteiger partial charge is 0.270 e. The highest BCUT2D eigenvalue weighted by Crippen LogP contribution is 2.04. The van der Waals surface area contributed by atoms with Crippen molar-refractivity contribution in [3.63, 3.8) is 0 Å². The van der Waals surface area contributed by atoms with Gasteiger partial charge >= 0.3 is 0 Å². The zero-order valence-electron chi connectivity index (χ0n) is 10.7. The molecule has 0 unspecified atom stereocenters. The van der Waals surface area contributed by atoms with Crippen molar-refractivity contribution in [2.24, 2.45) is 12.8 Å². The van der Waals surface area contributed by atoms with Crippen LogP contribution in [0.1, 0.15) is 12.1 Å². The fourth-order valence-electron chi connectivity index (χ4n) is 1.51. The highest BCUT2D eigenvalue weighted by atomic mass is 16.5. The van der Waals surface area contributed by atoms with Gasteiger partial charge in [0.05, 0.1) is 25.5 Å². The number of hydrogen-bond acceptors (Lipinski definition) is 6. The Balaban J connectivity index is 2.04. The quantitative estimate of drug-likeness (QED) is 0.682. The molecule has 0 amide bonds. The summed E-state index contributed by atoms with van der Waals surface area (Å²) in [5.74, 6) is 0.453. The van der Waals surface area contributed by atoms with Crippen molar-refractivity contribution in [2.75, 3.05) is 13.2 Å². The summed E-state index contributed by atoms with van der Waals surface area (Å²) >= 11 is 0. The molecule has 0 spiro atoms. The van der Waals surface area contributed by atoms with E-state index >= 15 is 0 Å². The molecule has 0 aliphatic carbocycles. The van der Waals surface area contributed by atoms with Crippen molar-refractivity contribution in [2.45, 2.75) is 13.0 Å². The van der Waals surface area contributed by atoms with Gasteiger partial charge in [0.15, 0.2) is 0 Å². The summed E-state index contributed by atoms with van der Waals surface area (Å²) < 4.78 is 8.23. The number of hydrogen-bond donors (Lipinski definition) is 1. The molecule has 0 bridgehead atoms. The minimum atomic E-state index is -0.240. The third-order valence-electron chi connectivity index (χ3n) is 2.42. The van der Waals surface area contributed by atoms with E-state index in [-0.39, 0.29) is 12.1 Å². The highest BCUT2D eigenvalue weighted by molar-refractivity contribution is 5.13. The summed E-state index contributed by atoms with van der Waals surface area (Å²) in [6.07, 6.45) is 3.98. The van der Waals surface area contributed by atoms with Crippen LogP contribution in [0.25, 0.3) is 0 Å². The van der Waals surface area contributed by atoms with Crippen molar-refractivity contribution >= 4 is 0 Å². The predicted molar refractivity (Wildman–Crippen MR) is 67.8 cm³/mol. The Kier molecular flexibility index (Phi) is 4.24.